The van der Waals surface area contributed by atoms with Gasteiger partial charge in [0.05, 0.1) is 13.7 Å². The summed E-state index contributed by atoms with van der Waals surface area (Å²) in [5.41, 5.74) is 3.69. The number of rotatable bonds is 9. The number of methoxy groups -OCH3 is 1. The van der Waals surface area contributed by atoms with Gasteiger partial charge in [-0.05, 0) is 61.1 Å². The zero-order chi connectivity index (χ0) is 22.7. The number of fused-ring (bicyclic) bond motifs is 3. The van der Waals surface area contributed by atoms with Crippen molar-refractivity contribution in [3.05, 3.63) is 65.1 Å². The van der Waals surface area contributed by atoms with Crippen LogP contribution in [0.4, 0.5) is 4.39 Å². The Morgan fingerprint density at radius 2 is 2.06 bits per heavy atom. The van der Waals surface area contributed by atoms with E-state index in [1.165, 1.54) is 12.1 Å². The van der Waals surface area contributed by atoms with Gasteiger partial charge in [-0.15, -0.1) is 0 Å². The van der Waals surface area contributed by atoms with Gasteiger partial charge in [0.2, 0.25) is 0 Å². The van der Waals surface area contributed by atoms with Crippen molar-refractivity contribution in [2.24, 2.45) is 0 Å². The van der Waals surface area contributed by atoms with Gasteiger partial charge in [0, 0.05) is 29.1 Å². The number of carboxylic acid groups (broad SMARTS) is 1. The number of hydrogen-bond acceptors (Lipinski definition) is 4. The number of carboxylic acids is 1. The Balaban J connectivity index is 1.41. The van der Waals surface area contributed by atoms with E-state index in [-0.39, 0.29) is 30.7 Å². The molecule has 1 aliphatic rings. The molecule has 6 nitrogen and oxygen atoms in total. The SMILES string of the molecule is COc1ccccc1CCC(=O)CN[C@H]1CCc2c(c3cc(F)ccc3n2CC(=O)O)C1. The highest BCUT2D eigenvalue weighted by Gasteiger charge is 2.26. The van der Waals surface area contributed by atoms with Crippen LogP contribution in [0, 0.1) is 5.82 Å². The van der Waals surface area contributed by atoms with Crippen molar-refractivity contribution in [1.29, 1.82) is 0 Å². The van der Waals surface area contributed by atoms with Gasteiger partial charge >= 0.3 is 5.97 Å². The Hall–Kier alpha value is -3.19. The summed E-state index contributed by atoms with van der Waals surface area (Å²) >= 11 is 0. The Morgan fingerprint density at radius 3 is 2.84 bits per heavy atom. The van der Waals surface area contributed by atoms with Crippen LogP contribution in [0.5, 0.6) is 5.75 Å². The van der Waals surface area contributed by atoms with Crippen LogP contribution in [0.1, 0.15) is 29.7 Å². The fourth-order valence-corrected chi connectivity index (χ4v) is 4.64. The molecule has 168 valence electrons. The van der Waals surface area contributed by atoms with Crippen LogP contribution in [-0.4, -0.2) is 41.1 Å². The van der Waals surface area contributed by atoms with Gasteiger partial charge in [0.1, 0.15) is 23.9 Å². The molecular formula is C25H27FN2O4. The van der Waals surface area contributed by atoms with Crippen LogP contribution < -0.4 is 10.1 Å². The van der Waals surface area contributed by atoms with Crippen molar-refractivity contribution in [2.75, 3.05) is 13.7 Å². The van der Waals surface area contributed by atoms with E-state index in [0.29, 0.717) is 25.7 Å². The molecule has 7 heteroatoms. The quantitative estimate of drug-likeness (QED) is 0.534. The summed E-state index contributed by atoms with van der Waals surface area (Å²) in [5, 5.41) is 13.4. The molecule has 0 unspecified atom stereocenters. The Kier molecular flexibility index (Phi) is 6.55. The van der Waals surface area contributed by atoms with Gasteiger partial charge in [0.15, 0.2) is 0 Å². The minimum Gasteiger partial charge on any atom is -0.496 e. The summed E-state index contributed by atoms with van der Waals surface area (Å²) in [6.07, 6.45) is 3.18. The van der Waals surface area contributed by atoms with Crippen molar-refractivity contribution in [3.8, 4) is 5.75 Å². The first-order valence-corrected chi connectivity index (χ1v) is 10.8. The molecule has 0 radical (unpaired) electrons. The summed E-state index contributed by atoms with van der Waals surface area (Å²) in [5.74, 6) is -0.344. The first-order valence-electron chi connectivity index (χ1n) is 10.8. The maximum absolute atomic E-state index is 13.9. The predicted molar refractivity (Wildman–Crippen MR) is 120 cm³/mol. The maximum Gasteiger partial charge on any atom is 0.323 e. The van der Waals surface area contributed by atoms with Crippen molar-refractivity contribution in [1.82, 2.24) is 9.88 Å². The molecule has 0 bridgehead atoms. The number of hydrogen-bond donors (Lipinski definition) is 2. The van der Waals surface area contributed by atoms with Gasteiger partial charge < -0.3 is 19.7 Å². The first kappa shape index (κ1) is 22.0. The van der Waals surface area contributed by atoms with E-state index in [4.69, 9.17) is 4.74 Å². The van der Waals surface area contributed by atoms with Crippen LogP contribution >= 0.6 is 0 Å². The summed E-state index contributed by atoms with van der Waals surface area (Å²) < 4.78 is 21.0. The highest BCUT2D eigenvalue weighted by atomic mass is 19.1. The highest BCUT2D eigenvalue weighted by Crippen LogP contribution is 2.33. The predicted octanol–water partition coefficient (Wildman–Crippen LogP) is 3.52. The lowest BCUT2D eigenvalue weighted by atomic mass is 9.91. The molecule has 0 spiro atoms. The second-order valence-electron chi connectivity index (χ2n) is 8.24. The molecule has 0 aliphatic heterocycles. The number of carbonyl (C=O) groups excluding carboxylic acids is 1. The van der Waals surface area contributed by atoms with Crippen LogP contribution in [0.2, 0.25) is 0 Å². The lowest BCUT2D eigenvalue weighted by molar-refractivity contribution is -0.137. The molecule has 2 aromatic carbocycles. The monoisotopic (exact) mass is 438 g/mol. The van der Waals surface area contributed by atoms with E-state index in [9.17, 15) is 19.1 Å². The molecular weight excluding hydrogens is 411 g/mol. The molecule has 1 heterocycles. The third-order valence-corrected chi connectivity index (χ3v) is 6.18. The molecule has 0 saturated carbocycles. The second-order valence-corrected chi connectivity index (χ2v) is 8.24. The average molecular weight is 438 g/mol. The van der Waals surface area contributed by atoms with Crippen molar-refractivity contribution >= 4 is 22.7 Å². The minimum atomic E-state index is -0.921. The summed E-state index contributed by atoms with van der Waals surface area (Å²) in [4.78, 5) is 23.8. The third kappa shape index (κ3) is 4.67. The molecule has 1 aliphatic carbocycles. The largest absolute Gasteiger partial charge is 0.496 e. The minimum absolute atomic E-state index is 0.0878. The lowest BCUT2D eigenvalue weighted by Gasteiger charge is -2.25. The summed E-state index contributed by atoms with van der Waals surface area (Å²) in [6, 6.07) is 12.3. The molecule has 1 atom stereocenters. The van der Waals surface area contributed by atoms with Gasteiger partial charge in [-0.3, -0.25) is 9.59 Å². The summed E-state index contributed by atoms with van der Waals surface area (Å²) in [7, 11) is 1.62. The summed E-state index contributed by atoms with van der Waals surface area (Å²) in [6.45, 7) is 0.133. The molecule has 0 amide bonds. The molecule has 0 fully saturated rings. The Labute approximate surface area is 186 Å². The molecule has 1 aromatic heterocycles. The van der Waals surface area contributed by atoms with Crippen molar-refractivity contribution in [2.45, 2.75) is 44.7 Å². The fraction of sp³-hybridized carbons (Fsp3) is 0.360. The number of nitrogens with one attached hydrogen (secondary N) is 1. The standard InChI is InChI=1S/C25H27FN2O4/c1-32-24-5-3-2-4-16(24)6-9-19(29)14-27-18-8-11-23-21(13-18)20-12-17(26)7-10-22(20)28(23)15-25(30)31/h2-5,7,10,12,18,27H,6,8-9,11,13-15H2,1H3,(H,30,31)/t18-/m0/s1. The lowest BCUT2D eigenvalue weighted by Crippen LogP contribution is -2.38. The number of aryl methyl sites for hydroxylation is 1. The number of benzene rings is 2. The normalized spacial score (nSPS) is 15.5. The average Bonchev–Trinajstić information content (AvgIpc) is 3.08. The topological polar surface area (TPSA) is 80.6 Å². The van der Waals surface area contributed by atoms with E-state index in [1.54, 1.807) is 17.7 Å². The van der Waals surface area contributed by atoms with E-state index in [2.05, 4.69) is 5.32 Å². The number of aromatic nitrogens is 1. The number of ether oxygens (including phenoxy) is 1. The number of para-hydroxylation sites is 1. The van der Waals surface area contributed by atoms with Crippen LogP contribution in [0.25, 0.3) is 10.9 Å². The zero-order valence-electron chi connectivity index (χ0n) is 18.1. The Bertz CT molecular complexity index is 1150. The second kappa shape index (κ2) is 9.53. The van der Waals surface area contributed by atoms with Crippen molar-refractivity contribution in [3.63, 3.8) is 0 Å². The first-order chi connectivity index (χ1) is 15.5. The Morgan fingerprint density at radius 1 is 1.25 bits per heavy atom. The number of nitrogens with zero attached hydrogens (tertiary/aromatic N) is 1. The molecule has 3 aromatic rings. The van der Waals surface area contributed by atoms with Gasteiger partial charge in [-0.2, -0.15) is 0 Å². The smallest absolute Gasteiger partial charge is 0.323 e. The van der Waals surface area contributed by atoms with E-state index >= 15 is 0 Å². The molecule has 32 heavy (non-hydrogen) atoms. The van der Waals surface area contributed by atoms with Gasteiger partial charge in [-0.1, -0.05) is 18.2 Å². The van der Waals surface area contributed by atoms with Crippen LogP contribution in [0.3, 0.4) is 0 Å². The molecule has 0 saturated heterocycles. The third-order valence-electron chi connectivity index (χ3n) is 6.18. The number of carbonyl (C=O) groups is 2. The number of aliphatic carboxylic acids is 1. The van der Waals surface area contributed by atoms with Crippen LogP contribution in [-0.2, 0) is 35.4 Å². The number of ketones is 1. The van der Waals surface area contributed by atoms with E-state index in [0.717, 1.165) is 39.9 Å². The maximum atomic E-state index is 13.9. The van der Waals surface area contributed by atoms with E-state index < -0.39 is 5.97 Å². The van der Waals surface area contributed by atoms with Crippen LogP contribution in [0.15, 0.2) is 42.5 Å². The number of Topliss-reactive ketones (excluding diaryl/α,β-unsaturated/α-hetero) is 1. The van der Waals surface area contributed by atoms with E-state index in [1.807, 2.05) is 24.3 Å². The zero-order valence-corrected chi connectivity index (χ0v) is 18.1. The number of halogens is 1. The highest BCUT2D eigenvalue weighted by molar-refractivity contribution is 5.87. The fourth-order valence-electron chi connectivity index (χ4n) is 4.64. The van der Waals surface area contributed by atoms with Crippen molar-refractivity contribution < 1.29 is 23.8 Å². The molecule has 4 rings (SSSR count). The van der Waals surface area contributed by atoms with Gasteiger partial charge in [0.25, 0.3) is 0 Å². The van der Waals surface area contributed by atoms with Gasteiger partial charge in [-0.25, -0.2) is 4.39 Å². The molecule has 2 N–H and O–H groups in total.